The van der Waals surface area contributed by atoms with Gasteiger partial charge in [-0.3, -0.25) is 4.79 Å². The van der Waals surface area contributed by atoms with Crippen LogP contribution in [-0.4, -0.2) is 34.5 Å². The Morgan fingerprint density at radius 3 is 2.56 bits per heavy atom. The van der Waals surface area contributed by atoms with Gasteiger partial charge in [-0.15, -0.1) is 0 Å². The molecule has 0 atom stereocenters. The molecule has 1 aromatic heterocycles. The fraction of sp³-hybridized carbons (Fsp3) is 0.292. The summed E-state index contributed by atoms with van der Waals surface area (Å²) in [6.07, 6.45) is 5.71. The maximum atomic E-state index is 12.4. The number of halogens is 1. The molecule has 1 saturated heterocycles. The Balaban J connectivity index is 1.40. The van der Waals surface area contributed by atoms with E-state index in [2.05, 4.69) is 27.1 Å². The van der Waals surface area contributed by atoms with E-state index in [-0.39, 0.29) is 11.4 Å². The van der Waals surface area contributed by atoms with Crippen LogP contribution in [0.5, 0.6) is 0 Å². The minimum absolute atomic E-state index is 0.0992. The summed E-state index contributed by atoms with van der Waals surface area (Å²) in [5, 5.41) is 4.14. The molecule has 0 bridgehead atoms. The van der Waals surface area contributed by atoms with Crippen molar-refractivity contribution < 1.29 is 4.79 Å². The molecule has 8 heteroatoms. The highest BCUT2D eigenvalue weighted by molar-refractivity contribution is 7.99. The summed E-state index contributed by atoms with van der Waals surface area (Å²) in [4.78, 5) is 24.6. The van der Waals surface area contributed by atoms with E-state index in [1.54, 1.807) is 18.5 Å². The Labute approximate surface area is 197 Å². The van der Waals surface area contributed by atoms with Crippen molar-refractivity contribution in [3.05, 3.63) is 71.5 Å². The van der Waals surface area contributed by atoms with Crippen LogP contribution in [0.25, 0.3) is 0 Å². The summed E-state index contributed by atoms with van der Waals surface area (Å²) in [6.45, 7) is 3.85. The number of nitrogens with zero attached hydrogens (tertiary/aromatic N) is 3. The Morgan fingerprint density at radius 2 is 1.88 bits per heavy atom. The SMILES string of the molecule is CC1(N)CCN(c2cnc(Sc3cccc(NC(=O)Cc4ccccc4)c3Cl)cn2)CC1. The van der Waals surface area contributed by atoms with Crippen LogP contribution in [0.15, 0.2) is 70.8 Å². The van der Waals surface area contributed by atoms with Gasteiger partial charge in [-0.2, -0.15) is 0 Å². The van der Waals surface area contributed by atoms with Crippen molar-refractivity contribution in [3.8, 4) is 0 Å². The molecule has 1 aliphatic rings. The number of anilines is 2. The van der Waals surface area contributed by atoms with Crippen molar-refractivity contribution in [2.24, 2.45) is 5.73 Å². The zero-order chi connectivity index (χ0) is 22.6. The summed E-state index contributed by atoms with van der Waals surface area (Å²) < 4.78 is 0. The minimum Gasteiger partial charge on any atom is -0.355 e. The zero-order valence-corrected chi connectivity index (χ0v) is 19.5. The van der Waals surface area contributed by atoms with Crippen LogP contribution in [0, 0.1) is 0 Å². The van der Waals surface area contributed by atoms with Crippen LogP contribution in [0.4, 0.5) is 11.5 Å². The van der Waals surface area contributed by atoms with Crippen LogP contribution in [0.1, 0.15) is 25.3 Å². The van der Waals surface area contributed by atoms with Gasteiger partial charge in [0.15, 0.2) is 0 Å². The monoisotopic (exact) mass is 467 g/mol. The summed E-state index contributed by atoms with van der Waals surface area (Å²) in [5.74, 6) is 0.748. The van der Waals surface area contributed by atoms with Gasteiger partial charge in [0.25, 0.3) is 0 Å². The molecule has 0 radical (unpaired) electrons. The molecule has 0 spiro atoms. The van der Waals surface area contributed by atoms with Gasteiger partial charge < -0.3 is 16.0 Å². The average Bonchev–Trinajstić information content (AvgIpc) is 2.78. The second-order valence-corrected chi connectivity index (χ2v) is 9.72. The summed E-state index contributed by atoms with van der Waals surface area (Å²) in [5.41, 5.74) is 7.65. The van der Waals surface area contributed by atoms with E-state index in [0.717, 1.165) is 47.2 Å². The quantitative estimate of drug-likeness (QED) is 0.542. The Bertz CT molecular complexity index is 1070. The molecule has 1 amide bonds. The van der Waals surface area contributed by atoms with Crippen molar-refractivity contribution >= 4 is 40.8 Å². The molecular formula is C24H26ClN5OS. The number of benzene rings is 2. The zero-order valence-electron chi connectivity index (χ0n) is 17.9. The number of carbonyl (C=O) groups excluding carboxylic acids is 1. The Hall–Kier alpha value is -2.61. The average molecular weight is 468 g/mol. The lowest BCUT2D eigenvalue weighted by atomic mass is 9.91. The van der Waals surface area contributed by atoms with Gasteiger partial charge in [0.05, 0.1) is 29.5 Å². The largest absolute Gasteiger partial charge is 0.355 e. The van der Waals surface area contributed by atoms with E-state index in [4.69, 9.17) is 17.3 Å². The number of carbonyl (C=O) groups is 1. The lowest BCUT2D eigenvalue weighted by Gasteiger charge is -2.37. The number of nitrogens with two attached hydrogens (primary N) is 1. The molecule has 32 heavy (non-hydrogen) atoms. The molecule has 0 unspecified atom stereocenters. The van der Waals surface area contributed by atoms with Gasteiger partial charge in [-0.1, -0.05) is 59.8 Å². The third-order valence-corrected chi connectivity index (χ3v) is 7.00. The summed E-state index contributed by atoms with van der Waals surface area (Å²) >= 11 is 8.00. The maximum Gasteiger partial charge on any atom is 0.228 e. The third kappa shape index (κ3) is 5.79. The number of rotatable bonds is 6. The highest BCUT2D eigenvalue weighted by Gasteiger charge is 2.26. The van der Waals surface area contributed by atoms with E-state index in [1.807, 2.05) is 42.5 Å². The first kappa shape index (κ1) is 22.6. The topological polar surface area (TPSA) is 84.1 Å². The van der Waals surface area contributed by atoms with Gasteiger partial charge >= 0.3 is 0 Å². The molecule has 166 valence electrons. The number of amides is 1. The van der Waals surface area contributed by atoms with Crippen LogP contribution >= 0.6 is 23.4 Å². The minimum atomic E-state index is -0.112. The van der Waals surface area contributed by atoms with Crippen molar-refractivity contribution in [1.82, 2.24) is 9.97 Å². The first-order valence-corrected chi connectivity index (χ1v) is 11.8. The van der Waals surface area contributed by atoms with E-state index in [0.29, 0.717) is 17.1 Å². The second kappa shape index (κ2) is 9.90. The van der Waals surface area contributed by atoms with Gasteiger partial charge in [0.1, 0.15) is 10.8 Å². The van der Waals surface area contributed by atoms with E-state index in [9.17, 15) is 4.79 Å². The number of aromatic nitrogens is 2. The smallest absolute Gasteiger partial charge is 0.228 e. The summed E-state index contributed by atoms with van der Waals surface area (Å²) in [6, 6.07) is 15.2. The fourth-order valence-corrected chi connectivity index (χ4v) is 4.62. The molecule has 3 N–H and O–H groups in total. The van der Waals surface area contributed by atoms with Gasteiger partial charge in [0, 0.05) is 23.5 Å². The highest BCUT2D eigenvalue weighted by atomic mass is 35.5. The standard InChI is InChI=1S/C24H26ClN5OS/c1-24(26)10-12-30(13-11-24)20-15-28-22(16-27-20)32-19-9-5-8-18(23(19)25)29-21(31)14-17-6-3-2-4-7-17/h2-9,15-16H,10-14,26H2,1H3,(H,29,31). The van der Waals surface area contributed by atoms with Crippen LogP contribution < -0.4 is 16.0 Å². The fourth-order valence-electron chi connectivity index (χ4n) is 3.55. The number of nitrogens with one attached hydrogen (secondary N) is 1. The normalized spacial score (nSPS) is 15.4. The van der Waals surface area contributed by atoms with Crippen molar-refractivity contribution in [2.45, 2.75) is 41.6 Å². The van der Waals surface area contributed by atoms with Crippen molar-refractivity contribution in [1.29, 1.82) is 0 Å². The van der Waals surface area contributed by atoms with E-state index < -0.39 is 0 Å². The van der Waals surface area contributed by atoms with Crippen LogP contribution in [-0.2, 0) is 11.2 Å². The molecular weight excluding hydrogens is 442 g/mol. The Morgan fingerprint density at radius 1 is 1.12 bits per heavy atom. The molecule has 2 aromatic carbocycles. The molecule has 4 rings (SSSR count). The number of piperidine rings is 1. The lowest BCUT2D eigenvalue weighted by molar-refractivity contribution is -0.115. The predicted molar refractivity (Wildman–Crippen MR) is 130 cm³/mol. The van der Waals surface area contributed by atoms with Gasteiger partial charge in [-0.25, -0.2) is 9.97 Å². The molecule has 2 heterocycles. The third-order valence-electron chi connectivity index (χ3n) is 5.50. The van der Waals surface area contributed by atoms with Gasteiger partial charge in [0.2, 0.25) is 5.91 Å². The highest BCUT2D eigenvalue weighted by Crippen LogP contribution is 2.36. The van der Waals surface area contributed by atoms with E-state index >= 15 is 0 Å². The Kier molecular flexibility index (Phi) is 6.98. The molecule has 1 aliphatic heterocycles. The first-order chi connectivity index (χ1) is 15.4. The predicted octanol–water partition coefficient (Wildman–Crippen LogP) is 4.78. The van der Waals surface area contributed by atoms with E-state index in [1.165, 1.54) is 11.8 Å². The number of hydrogen-bond acceptors (Lipinski definition) is 6. The lowest BCUT2D eigenvalue weighted by Crippen LogP contribution is -2.48. The van der Waals surface area contributed by atoms with Crippen LogP contribution in [0.3, 0.4) is 0 Å². The second-order valence-electron chi connectivity index (χ2n) is 8.28. The summed E-state index contributed by atoms with van der Waals surface area (Å²) in [7, 11) is 0. The molecule has 0 aliphatic carbocycles. The van der Waals surface area contributed by atoms with Crippen LogP contribution in [0.2, 0.25) is 5.02 Å². The van der Waals surface area contributed by atoms with Crippen molar-refractivity contribution in [3.63, 3.8) is 0 Å². The maximum absolute atomic E-state index is 12.4. The molecule has 3 aromatic rings. The van der Waals surface area contributed by atoms with Crippen molar-refractivity contribution in [2.75, 3.05) is 23.3 Å². The molecule has 1 fully saturated rings. The molecule has 0 saturated carbocycles. The number of hydrogen-bond donors (Lipinski definition) is 2. The first-order valence-electron chi connectivity index (χ1n) is 10.6. The van der Waals surface area contributed by atoms with Gasteiger partial charge in [-0.05, 0) is 37.5 Å². The molecule has 6 nitrogen and oxygen atoms in total.